The van der Waals surface area contributed by atoms with Crippen molar-refractivity contribution < 1.29 is 4.39 Å². The minimum atomic E-state index is -0.558. The van der Waals surface area contributed by atoms with Gasteiger partial charge >= 0.3 is 0 Å². The van der Waals surface area contributed by atoms with Gasteiger partial charge in [0, 0.05) is 24.1 Å². The fourth-order valence-corrected chi connectivity index (χ4v) is 4.23. The first kappa shape index (κ1) is 17.8. The Morgan fingerprint density at radius 2 is 1.87 bits per heavy atom. The van der Waals surface area contributed by atoms with Crippen LogP contribution >= 0.6 is 0 Å². The smallest absolute Gasteiger partial charge is 0.233 e. The molecule has 2 N–H and O–H groups in total. The maximum absolute atomic E-state index is 13.5. The normalized spacial score (nSPS) is 13.1. The number of aromatic nitrogens is 6. The van der Waals surface area contributed by atoms with Gasteiger partial charge < -0.3 is 5.73 Å². The summed E-state index contributed by atoms with van der Waals surface area (Å²) in [4.78, 5) is 13.8. The first-order valence-corrected chi connectivity index (χ1v) is 10.1. The second-order valence-electron chi connectivity index (χ2n) is 7.61. The van der Waals surface area contributed by atoms with E-state index in [1.807, 2.05) is 22.8 Å². The third-order valence-electron chi connectivity index (χ3n) is 5.70. The number of hydrogen-bond acceptors (Lipinski definition) is 5. The largest absolute Gasteiger partial charge is 0.383 e. The Balaban J connectivity index is 1.64. The highest BCUT2D eigenvalue weighted by molar-refractivity contribution is 5.83. The monoisotopic (exact) mass is 411 g/mol. The van der Waals surface area contributed by atoms with Crippen LogP contribution in [0.1, 0.15) is 17.5 Å². The summed E-state index contributed by atoms with van der Waals surface area (Å²) >= 11 is 0. The van der Waals surface area contributed by atoms with E-state index in [-0.39, 0.29) is 0 Å². The van der Waals surface area contributed by atoms with Gasteiger partial charge in [-0.3, -0.25) is 4.57 Å². The average molecular weight is 411 g/mol. The number of nitrogens with two attached hydrogens (primary N) is 1. The number of benzene rings is 1. The predicted molar refractivity (Wildman–Crippen MR) is 116 cm³/mol. The Hall–Kier alpha value is -4.07. The topological polar surface area (TPSA) is 87.4 Å². The van der Waals surface area contributed by atoms with E-state index in [9.17, 15) is 4.39 Å². The van der Waals surface area contributed by atoms with Crippen molar-refractivity contribution in [2.24, 2.45) is 0 Å². The van der Waals surface area contributed by atoms with Gasteiger partial charge in [-0.2, -0.15) is 4.39 Å². The Morgan fingerprint density at radius 3 is 2.71 bits per heavy atom. The van der Waals surface area contributed by atoms with Gasteiger partial charge in [0.15, 0.2) is 17.3 Å². The molecule has 1 aliphatic rings. The van der Waals surface area contributed by atoms with Gasteiger partial charge in [0.25, 0.3) is 0 Å². The van der Waals surface area contributed by atoms with E-state index in [1.165, 1.54) is 28.3 Å². The standard InChI is InChI=1S/C23H18FN7/c24-19-10-12-30(29-19)20-9-8-18-23(28-20)31(16-7-6-14-3-1-4-15(14)13-16)22(27-18)17-5-2-11-26-21(17)25/h2,5-13H,1,3-4H2,(H2,25,26). The number of nitrogen functional groups attached to an aromatic ring is 1. The number of hydrogen-bond donors (Lipinski definition) is 1. The lowest BCUT2D eigenvalue weighted by Crippen LogP contribution is -2.04. The van der Waals surface area contributed by atoms with Gasteiger partial charge in [0.05, 0.1) is 5.56 Å². The predicted octanol–water partition coefficient (Wildman–Crippen LogP) is 3.88. The summed E-state index contributed by atoms with van der Waals surface area (Å²) in [5.41, 5.74) is 12.0. The Bertz CT molecular complexity index is 1450. The molecule has 0 unspecified atom stereocenters. The van der Waals surface area contributed by atoms with Crippen LogP contribution in [0.3, 0.4) is 0 Å². The number of rotatable bonds is 3. The number of halogens is 1. The number of imidazole rings is 1. The molecule has 152 valence electrons. The summed E-state index contributed by atoms with van der Waals surface area (Å²) in [6.45, 7) is 0. The summed E-state index contributed by atoms with van der Waals surface area (Å²) in [6, 6.07) is 15.1. The molecule has 5 aromatic rings. The maximum atomic E-state index is 13.5. The fraction of sp³-hybridized carbons (Fsp3) is 0.130. The molecular weight excluding hydrogens is 393 g/mol. The zero-order chi connectivity index (χ0) is 20.9. The summed E-state index contributed by atoms with van der Waals surface area (Å²) < 4.78 is 16.9. The van der Waals surface area contributed by atoms with E-state index in [2.05, 4.69) is 28.3 Å². The molecule has 31 heavy (non-hydrogen) atoms. The van der Waals surface area contributed by atoms with Crippen molar-refractivity contribution >= 4 is 17.0 Å². The van der Waals surface area contributed by atoms with Crippen LogP contribution in [-0.4, -0.2) is 29.3 Å². The van der Waals surface area contributed by atoms with Crippen molar-refractivity contribution in [3.05, 3.63) is 78.0 Å². The molecule has 0 atom stereocenters. The van der Waals surface area contributed by atoms with Gasteiger partial charge in [-0.25, -0.2) is 19.6 Å². The molecule has 6 rings (SSSR count). The van der Waals surface area contributed by atoms with E-state index in [4.69, 9.17) is 15.7 Å². The van der Waals surface area contributed by atoms with E-state index in [1.54, 1.807) is 18.5 Å². The van der Waals surface area contributed by atoms with Crippen LogP contribution in [0.4, 0.5) is 10.2 Å². The maximum Gasteiger partial charge on any atom is 0.233 e. The highest BCUT2D eigenvalue weighted by Gasteiger charge is 2.20. The molecule has 0 spiro atoms. The lowest BCUT2D eigenvalue weighted by atomic mass is 10.1. The van der Waals surface area contributed by atoms with Crippen molar-refractivity contribution in [3.63, 3.8) is 0 Å². The third-order valence-corrected chi connectivity index (χ3v) is 5.70. The van der Waals surface area contributed by atoms with Crippen molar-refractivity contribution in [1.29, 1.82) is 0 Å². The van der Waals surface area contributed by atoms with Crippen LogP contribution in [0.5, 0.6) is 0 Å². The van der Waals surface area contributed by atoms with E-state index < -0.39 is 5.95 Å². The number of nitrogens with zero attached hydrogens (tertiary/aromatic N) is 6. The molecule has 0 saturated carbocycles. The lowest BCUT2D eigenvalue weighted by molar-refractivity contribution is 0.565. The Morgan fingerprint density at radius 1 is 0.968 bits per heavy atom. The first-order valence-electron chi connectivity index (χ1n) is 10.1. The molecule has 8 heteroatoms. The second kappa shape index (κ2) is 6.73. The molecule has 0 aliphatic heterocycles. The molecule has 0 amide bonds. The summed E-state index contributed by atoms with van der Waals surface area (Å²) in [5, 5.41) is 3.84. The first-order chi connectivity index (χ1) is 15.2. The minimum Gasteiger partial charge on any atom is -0.383 e. The molecule has 4 aromatic heterocycles. The van der Waals surface area contributed by atoms with Gasteiger partial charge in [0.1, 0.15) is 11.3 Å². The van der Waals surface area contributed by atoms with Gasteiger partial charge in [-0.1, -0.05) is 6.07 Å². The number of anilines is 1. The van der Waals surface area contributed by atoms with E-state index in [0.29, 0.717) is 28.6 Å². The Kier molecular flexibility index (Phi) is 3.86. The minimum absolute atomic E-state index is 0.398. The number of fused-ring (bicyclic) bond motifs is 2. The van der Waals surface area contributed by atoms with Crippen molar-refractivity contribution in [2.45, 2.75) is 19.3 Å². The third kappa shape index (κ3) is 2.87. The number of pyridine rings is 2. The van der Waals surface area contributed by atoms with Crippen LogP contribution in [-0.2, 0) is 12.8 Å². The molecule has 0 fully saturated rings. The quantitative estimate of drug-likeness (QED) is 0.487. The summed E-state index contributed by atoms with van der Waals surface area (Å²) in [6.07, 6.45) is 6.53. The highest BCUT2D eigenvalue weighted by atomic mass is 19.1. The van der Waals surface area contributed by atoms with Crippen LogP contribution < -0.4 is 5.73 Å². The van der Waals surface area contributed by atoms with E-state index >= 15 is 0 Å². The molecular formula is C23H18FN7. The summed E-state index contributed by atoms with van der Waals surface area (Å²) in [5.74, 6) is 1.01. The molecule has 0 radical (unpaired) electrons. The van der Waals surface area contributed by atoms with Crippen LogP contribution in [0.25, 0.3) is 34.1 Å². The van der Waals surface area contributed by atoms with Crippen molar-refractivity contribution in [1.82, 2.24) is 29.3 Å². The van der Waals surface area contributed by atoms with Gasteiger partial charge in [0.2, 0.25) is 5.95 Å². The van der Waals surface area contributed by atoms with Crippen LogP contribution in [0, 0.1) is 5.95 Å². The molecule has 0 saturated heterocycles. The fourth-order valence-electron chi connectivity index (χ4n) is 4.23. The van der Waals surface area contributed by atoms with E-state index in [0.717, 1.165) is 24.1 Å². The van der Waals surface area contributed by atoms with Gasteiger partial charge in [-0.05, 0) is 66.8 Å². The van der Waals surface area contributed by atoms with Gasteiger partial charge in [-0.15, -0.1) is 5.10 Å². The molecule has 4 heterocycles. The lowest BCUT2D eigenvalue weighted by Gasteiger charge is -2.12. The average Bonchev–Trinajstić information content (AvgIpc) is 3.50. The van der Waals surface area contributed by atoms with Crippen LogP contribution in [0.2, 0.25) is 0 Å². The SMILES string of the molecule is Nc1ncccc1-c1nc2ccc(-n3ccc(F)n3)nc2n1-c1ccc2c(c1)CCC2. The molecule has 7 nitrogen and oxygen atoms in total. The zero-order valence-corrected chi connectivity index (χ0v) is 16.5. The Labute approximate surface area is 177 Å². The summed E-state index contributed by atoms with van der Waals surface area (Å²) in [7, 11) is 0. The van der Waals surface area contributed by atoms with Crippen LogP contribution in [0.15, 0.2) is 60.9 Å². The molecule has 1 aliphatic carbocycles. The molecule has 0 bridgehead atoms. The highest BCUT2D eigenvalue weighted by Crippen LogP contribution is 2.32. The number of aryl methyl sites for hydroxylation is 2. The van der Waals surface area contributed by atoms with Crippen molar-refractivity contribution in [2.75, 3.05) is 5.73 Å². The molecule has 1 aromatic carbocycles. The zero-order valence-electron chi connectivity index (χ0n) is 16.5. The second-order valence-corrected chi connectivity index (χ2v) is 7.61. The van der Waals surface area contributed by atoms with Crippen molar-refractivity contribution in [3.8, 4) is 22.9 Å².